The lowest BCUT2D eigenvalue weighted by molar-refractivity contribution is -0.121. The first-order valence-corrected chi connectivity index (χ1v) is 7.70. The fraction of sp³-hybridized carbons (Fsp3) is 0.105. The largest absolute Gasteiger partial charge is 0.507 e. The van der Waals surface area contributed by atoms with Gasteiger partial charge in [-0.15, -0.1) is 0 Å². The molecular weight excluding hydrogens is 324 g/mol. The minimum absolute atomic E-state index is 0.0173. The molecule has 25 heavy (non-hydrogen) atoms. The molecule has 0 radical (unpaired) electrons. The Bertz CT molecular complexity index is 1070. The number of phenolic OH excluding ortho intramolecular Hbond substituents is 2. The van der Waals surface area contributed by atoms with Gasteiger partial charge in [0.1, 0.15) is 11.5 Å². The molecule has 0 aromatic heterocycles. The van der Waals surface area contributed by atoms with E-state index in [1.165, 1.54) is 24.3 Å². The van der Waals surface area contributed by atoms with Crippen LogP contribution in [0.25, 0.3) is 10.8 Å². The molecule has 0 amide bonds. The van der Waals surface area contributed by atoms with Crippen LogP contribution in [0.5, 0.6) is 23.0 Å². The van der Waals surface area contributed by atoms with Gasteiger partial charge in [0.25, 0.3) is 5.78 Å². The fourth-order valence-electron chi connectivity index (χ4n) is 3.57. The Labute approximate surface area is 141 Å². The van der Waals surface area contributed by atoms with Crippen molar-refractivity contribution in [2.75, 3.05) is 0 Å². The second-order valence-electron chi connectivity index (χ2n) is 6.11. The molecule has 1 aliphatic heterocycles. The summed E-state index contributed by atoms with van der Waals surface area (Å²) in [6.45, 7) is 0. The van der Waals surface area contributed by atoms with Crippen molar-refractivity contribution in [1.29, 1.82) is 0 Å². The summed E-state index contributed by atoms with van der Waals surface area (Å²) in [7, 11) is 0. The van der Waals surface area contributed by atoms with Crippen molar-refractivity contribution in [2.45, 2.75) is 11.9 Å². The number of Topliss-reactive ketones (excluding diaryl/α,β-unsaturated/α-hetero) is 1. The maximum atomic E-state index is 12.9. The van der Waals surface area contributed by atoms with E-state index in [1.807, 2.05) is 0 Å². The molecule has 3 aromatic carbocycles. The number of aromatic hydroxyl groups is 2. The standard InChI is InChI=1S/C19H12O6/c20-11-5-1-3-9-7-8-13-16(14(9)11)25-19(24-13)17(22)10-4-2-6-12(21)15(10)18(19)23/h1-8,17,20-22H. The number of carbonyl (C=O) groups is 1. The van der Waals surface area contributed by atoms with Crippen LogP contribution in [0.3, 0.4) is 0 Å². The predicted molar refractivity (Wildman–Crippen MR) is 87.0 cm³/mol. The van der Waals surface area contributed by atoms with Crippen molar-refractivity contribution in [3.63, 3.8) is 0 Å². The molecule has 2 aliphatic rings. The summed E-state index contributed by atoms with van der Waals surface area (Å²) in [6.07, 6.45) is -1.41. The minimum atomic E-state index is -2.00. The molecule has 2 unspecified atom stereocenters. The molecule has 3 N–H and O–H groups in total. The Morgan fingerprint density at radius 3 is 2.48 bits per heavy atom. The van der Waals surface area contributed by atoms with Crippen LogP contribution < -0.4 is 9.47 Å². The number of ether oxygens (including phenoxy) is 2. The maximum Gasteiger partial charge on any atom is 0.347 e. The highest BCUT2D eigenvalue weighted by molar-refractivity contribution is 6.10. The lowest BCUT2D eigenvalue weighted by atomic mass is 10.1. The number of hydrogen-bond acceptors (Lipinski definition) is 6. The molecule has 6 heteroatoms. The highest BCUT2D eigenvalue weighted by Crippen LogP contribution is 2.54. The highest BCUT2D eigenvalue weighted by Gasteiger charge is 2.62. The third-order valence-electron chi connectivity index (χ3n) is 4.73. The number of aliphatic hydroxyl groups excluding tert-OH is 1. The maximum absolute atomic E-state index is 12.9. The average molecular weight is 336 g/mol. The van der Waals surface area contributed by atoms with Gasteiger partial charge in [0, 0.05) is 5.56 Å². The molecule has 2 atom stereocenters. The summed E-state index contributed by atoms with van der Waals surface area (Å²) in [6, 6.07) is 12.8. The lowest BCUT2D eigenvalue weighted by Gasteiger charge is -2.24. The summed E-state index contributed by atoms with van der Waals surface area (Å²) in [4.78, 5) is 12.9. The van der Waals surface area contributed by atoms with Crippen molar-refractivity contribution in [3.05, 3.63) is 59.7 Å². The van der Waals surface area contributed by atoms with E-state index in [2.05, 4.69) is 0 Å². The first-order valence-electron chi connectivity index (χ1n) is 7.70. The summed E-state index contributed by atoms with van der Waals surface area (Å²) in [5, 5.41) is 32.0. The lowest BCUT2D eigenvalue weighted by Crippen LogP contribution is -2.47. The van der Waals surface area contributed by atoms with Crippen LogP contribution in [-0.4, -0.2) is 26.9 Å². The van der Waals surface area contributed by atoms with E-state index in [0.717, 1.165) is 0 Å². The molecule has 5 rings (SSSR count). The quantitative estimate of drug-likeness (QED) is 0.584. The van der Waals surface area contributed by atoms with E-state index in [4.69, 9.17) is 9.47 Å². The molecule has 1 aliphatic carbocycles. The van der Waals surface area contributed by atoms with Gasteiger partial charge in [-0.1, -0.05) is 30.3 Å². The van der Waals surface area contributed by atoms with Crippen molar-refractivity contribution < 1.29 is 29.6 Å². The topological polar surface area (TPSA) is 96.2 Å². The third-order valence-corrected chi connectivity index (χ3v) is 4.73. The Balaban J connectivity index is 1.72. The van der Waals surface area contributed by atoms with E-state index in [0.29, 0.717) is 10.8 Å². The van der Waals surface area contributed by atoms with Gasteiger partial charge in [0.15, 0.2) is 17.6 Å². The van der Waals surface area contributed by atoms with E-state index in [-0.39, 0.29) is 34.1 Å². The highest BCUT2D eigenvalue weighted by atomic mass is 16.7. The van der Waals surface area contributed by atoms with E-state index in [9.17, 15) is 20.1 Å². The zero-order valence-corrected chi connectivity index (χ0v) is 12.8. The SMILES string of the molecule is O=C1c2c(O)cccc2C(O)C12Oc1ccc3cccc(O)c3c1O2. The number of ketones is 1. The molecule has 1 spiro atoms. The predicted octanol–water partition coefficient (Wildman–Crippen LogP) is 2.65. The van der Waals surface area contributed by atoms with Gasteiger partial charge < -0.3 is 24.8 Å². The summed E-state index contributed by atoms with van der Waals surface area (Å²) in [5.74, 6) is -2.48. The Hall–Kier alpha value is -3.25. The van der Waals surface area contributed by atoms with Crippen LogP contribution in [0.4, 0.5) is 0 Å². The molecule has 0 fully saturated rings. The van der Waals surface area contributed by atoms with Gasteiger partial charge in [0.05, 0.1) is 10.9 Å². The molecular formula is C19H12O6. The molecule has 0 saturated carbocycles. The Morgan fingerprint density at radius 1 is 0.920 bits per heavy atom. The number of carbonyl (C=O) groups excluding carboxylic acids is 1. The molecule has 0 saturated heterocycles. The summed E-state index contributed by atoms with van der Waals surface area (Å²) in [5.41, 5.74) is 0.225. The first kappa shape index (κ1) is 14.1. The smallest absolute Gasteiger partial charge is 0.347 e. The molecule has 6 nitrogen and oxygen atoms in total. The third kappa shape index (κ3) is 1.59. The number of rotatable bonds is 0. The van der Waals surface area contributed by atoms with E-state index < -0.39 is 17.7 Å². The van der Waals surface area contributed by atoms with Crippen LogP contribution in [0.15, 0.2) is 48.5 Å². The zero-order chi connectivity index (χ0) is 17.3. The number of aliphatic hydroxyl groups is 1. The monoisotopic (exact) mass is 336 g/mol. The van der Waals surface area contributed by atoms with Crippen LogP contribution in [0.1, 0.15) is 22.0 Å². The first-order chi connectivity index (χ1) is 12.0. The number of phenols is 2. The van der Waals surface area contributed by atoms with Crippen molar-refractivity contribution in [1.82, 2.24) is 0 Å². The van der Waals surface area contributed by atoms with Gasteiger partial charge in [-0.3, -0.25) is 4.79 Å². The molecule has 124 valence electrons. The second kappa shape index (κ2) is 4.43. The van der Waals surface area contributed by atoms with Gasteiger partial charge in [-0.05, 0) is 23.6 Å². The van der Waals surface area contributed by atoms with Gasteiger partial charge in [0.2, 0.25) is 0 Å². The van der Waals surface area contributed by atoms with Gasteiger partial charge >= 0.3 is 5.79 Å². The van der Waals surface area contributed by atoms with E-state index >= 15 is 0 Å². The van der Waals surface area contributed by atoms with Crippen LogP contribution in [0.2, 0.25) is 0 Å². The fourth-order valence-corrected chi connectivity index (χ4v) is 3.57. The number of hydrogen-bond donors (Lipinski definition) is 3. The second-order valence-corrected chi connectivity index (χ2v) is 6.11. The Morgan fingerprint density at radius 2 is 1.68 bits per heavy atom. The van der Waals surface area contributed by atoms with Gasteiger partial charge in [-0.25, -0.2) is 0 Å². The minimum Gasteiger partial charge on any atom is -0.507 e. The Kier molecular flexibility index (Phi) is 2.50. The van der Waals surface area contributed by atoms with Crippen molar-refractivity contribution in [3.8, 4) is 23.0 Å². The van der Waals surface area contributed by atoms with Crippen LogP contribution in [0, 0.1) is 0 Å². The van der Waals surface area contributed by atoms with Crippen LogP contribution in [-0.2, 0) is 0 Å². The number of benzene rings is 3. The summed E-state index contributed by atoms with van der Waals surface area (Å²) < 4.78 is 11.6. The van der Waals surface area contributed by atoms with Crippen LogP contribution >= 0.6 is 0 Å². The average Bonchev–Trinajstić information content (AvgIpc) is 3.09. The number of fused-ring (bicyclic) bond motifs is 4. The van der Waals surface area contributed by atoms with Crippen molar-refractivity contribution >= 4 is 16.6 Å². The van der Waals surface area contributed by atoms with E-state index in [1.54, 1.807) is 24.3 Å². The van der Waals surface area contributed by atoms with Crippen molar-refractivity contribution in [2.24, 2.45) is 0 Å². The van der Waals surface area contributed by atoms with Gasteiger partial charge in [-0.2, -0.15) is 0 Å². The molecule has 3 aromatic rings. The normalized spacial score (nSPS) is 23.4. The molecule has 0 bridgehead atoms. The molecule has 1 heterocycles. The zero-order valence-electron chi connectivity index (χ0n) is 12.8. The summed E-state index contributed by atoms with van der Waals surface area (Å²) >= 11 is 0.